The number of amides is 3. The fourth-order valence-corrected chi connectivity index (χ4v) is 3.29. The van der Waals surface area contributed by atoms with Gasteiger partial charge >= 0.3 is 6.03 Å². The van der Waals surface area contributed by atoms with E-state index in [1.54, 1.807) is 4.90 Å². The molecule has 0 radical (unpaired) electrons. The molecule has 1 saturated carbocycles. The summed E-state index contributed by atoms with van der Waals surface area (Å²) in [6.45, 7) is 8.29. The van der Waals surface area contributed by atoms with Crippen LogP contribution in [0, 0.1) is 0 Å². The number of urea groups is 1. The molecule has 1 heterocycles. The van der Waals surface area contributed by atoms with Crippen molar-refractivity contribution in [2.45, 2.75) is 58.4 Å². The highest BCUT2D eigenvalue weighted by molar-refractivity contribution is 6.08. The molecule has 1 aromatic rings. The minimum Gasteiger partial charge on any atom is -0.312 e. The first-order chi connectivity index (χ1) is 11.8. The molecular weight excluding hydrogens is 316 g/mol. The maximum atomic E-state index is 12.8. The number of Topliss-reactive ketones (excluding diaryl/α,β-unsaturated/α-hetero) is 1. The Morgan fingerprint density at radius 1 is 1.12 bits per heavy atom. The van der Waals surface area contributed by atoms with E-state index >= 15 is 0 Å². The maximum Gasteiger partial charge on any atom is 0.327 e. The summed E-state index contributed by atoms with van der Waals surface area (Å²) in [7, 11) is 0. The quantitative estimate of drug-likeness (QED) is 0.587. The second kappa shape index (κ2) is 6.62. The predicted octanol–water partition coefficient (Wildman–Crippen LogP) is 3.54. The Morgan fingerprint density at radius 3 is 2.36 bits per heavy atom. The number of benzene rings is 1. The van der Waals surface area contributed by atoms with Crippen molar-refractivity contribution in [1.82, 2.24) is 9.80 Å². The van der Waals surface area contributed by atoms with Crippen molar-refractivity contribution < 1.29 is 14.4 Å². The van der Waals surface area contributed by atoms with E-state index in [2.05, 4.69) is 33.8 Å². The highest BCUT2D eigenvalue weighted by Gasteiger charge is 2.44. The van der Waals surface area contributed by atoms with E-state index in [1.165, 1.54) is 5.56 Å². The molecule has 1 aliphatic carbocycles. The Kier molecular flexibility index (Phi) is 4.67. The van der Waals surface area contributed by atoms with Gasteiger partial charge in [-0.1, -0.05) is 45.9 Å². The fourth-order valence-electron chi connectivity index (χ4n) is 3.29. The summed E-state index contributed by atoms with van der Waals surface area (Å²) < 4.78 is 0. The third kappa shape index (κ3) is 3.46. The molecule has 25 heavy (non-hydrogen) atoms. The zero-order chi connectivity index (χ0) is 18.3. The summed E-state index contributed by atoms with van der Waals surface area (Å²) in [4.78, 5) is 40.1. The van der Waals surface area contributed by atoms with Crippen LogP contribution in [-0.4, -0.2) is 46.7 Å². The largest absolute Gasteiger partial charge is 0.327 e. The molecule has 0 atom stereocenters. The van der Waals surface area contributed by atoms with Crippen molar-refractivity contribution in [2.24, 2.45) is 0 Å². The van der Waals surface area contributed by atoms with Crippen molar-refractivity contribution in [3.8, 4) is 0 Å². The molecule has 3 amide bonds. The molecule has 0 spiro atoms. The van der Waals surface area contributed by atoms with Crippen molar-refractivity contribution in [3.63, 3.8) is 0 Å². The lowest BCUT2D eigenvalue weighted by Crippen LogP contribution is -2.37. The summed E-state index contributed by atoms with van der Waals surface area (Å²) in [6, 6.07) is 5.76. The van der Waals surface area contributed by atoms with E-state index in [0.29, 0.717) is 11.5 Å². The topological polar surface area (TPSA) is 57.7 Å². The summed E-state index contributed by atoms with van der Waals surface area (Å²) in [6.07, 6.45) is 1.91. The first kappa shape index (κ1) is 17.6. The maximum absolute atomic E-state index is 12.8. The molecule has 1 aromatic carbocycles. The van der Waals surface area contributed by atoms with Gasteiger partial charge in [-0.3, -0.25) is 14.5 Å². The van der Waals surface area contributed by atoms with Gasteiger partial charge < -0.3 is 4.90 Å². The minimum absolute atomic E-state index is 0.111. The molecule has 0 N–H and O–H groups in total. The Balaban J connectivity index is 1.81. The molecule has 5 nitrogen and oxygen atoms in total. The summed E-state index contributed by atoms with van der Waals surface area (Å²) in [5, 5.41) is 0. The molecule has 0 aromatic heterocycles. The standard InChI is InChI=1S/C20H26N2O3/c1-12(2)14-5-8-16(17(9-14)13(3)4)18(23)10-22-19(24)11-21(20(22)25)15-6-7-15/h5,8-9,12-13,15H,6-7,10-11H2,1-4H3. The van der Waals surface area contributed by atoms with Crippen LogP contribution in [0.3, 0.4) is 0 Å². The number of rotatable bonds is 6. The molecule has 1 saturated heterocycles. The Labute approximate surface area is 149 Å². The number of ketones is 1. The molecule has 1 aliphatic heterocycles. The lowest BCUT2D eigenvalue weighted by Gasteiger charge is -2.19. The zero-order valence-electron chi connectivity index (χ0n) is 15.4. The van der Waals surface area contributed by atoms with Crippen LogP contribution in [0.2, 0.25) is 0 Å². The fraction of sp³-hybridized carbons (Fsp3) is 0.550. The van der Waals surface area contributed by atoms with E-state index in [-0.39, 0.29) is 42.8 Å². The van der Waals surface area contributed by atoms with Crippen LogP contribution in [-0.2, 0) is 4.79 Å². The van der Waals surface area contributed by atoms with Crippen LogP contribution < -0.4 is 0 Å². The van der Waals surface area contributed by atoms with E-state index in [0.717, 1.165) is 23.3 Å². The first-order valence-corrected chi connectivity index (χ1v) is 9.07. The molecule has 2 fully saturated rings. The third-order valence-corrected chi connectivity index (χ3v) is 5.04. The monoisotopic (exact) mass is 342 g/mol. The van der Waals surface area contributed by atoms with Gasteiger partial charge in [0, 0.05) is 11.6 Å². The SMILES string of the molecule is CC(C)c1ccc(C(=O)CN2C(=O)CN(C3CC3)C2=O)c(C(C)C)c1. The van der Waals surface area contributed by atoms with Gasteiger partial charge in [0.2, 0.25) is 0 Å². The van der Waals surface area contributed by atoms with Gasteiger partial charge in [-0.15, -0.1) is 0 Å². The third-order valence-electron chi connectivity index (χ3n) is 5.04. The highest BCUT2D eigenvalue weighted by atomic mass is 16.2. The normalized spacial score (nSPS) is 18.0. The summed E-state index contributed by atoms with van der Waals surface area (Å²) in [5.74, 6) is 0.148. The second-order valence-electron chi connectivity index (χ2n) is 7.70. The van der Waals surface area contributed by atoms with E-state index in [9.17, 15) is 14.4 Å². The predicted molar refractivity (Wildman–Crippen MR) is 95.8 cm³/mol. The molecule has 3 rings (SSSR count). The molecule has 2 aliphatic rings. The molecule has 134 valence electrons. The molecule has 0 bridgehead atoms. The van der Waals surface area contributed by atoms with E-state index in [4.69, 9.17) is 0 Å². The highest BCUT2D eigenvalue weighted by Crippen LogP contribution is 2.31. The van der Waals surface area contributed by atoms with Crippen molar-refractivity contribution in [3.05, 3.63) is 34.9 Å². The van der Waals surface area contributed by atoms with Crippen LogP contribution in [0.5, 0.6) is 0 Å². The van der Waals surface area contributed by atoms with Crippen LogP contribution in [0.1, 0.15) is 73.9 Å². The number of imide groups is 1. The number of hydrogen-bond acceptors (Lipinski definition) is 3. The Morgan fingerprint density at radius 2 is 1.80 bits per heavy atom. The zero-order valence-corrected chi connectivity index (χ0v) is 15.4. The summed E-state index contributed by atoms with van der Waals surface area (Å²) in [5.41, 5.74) is 2.78. The van der Waals surface area contributed by atoms with Crippen molar-refractivity contribution >= 4 is 17.7 Å². The molecule has 0 unspecified atom stereocenters. The van der Waals surface area contributed by atoms with Gasteiger partial charge in [0.25, 0.3) is 5.91 Å². The Hall–Kier alpha value is -2.17. The first-order valence-electron chi connectivity index (χ1n) is 9.07. The van der Waals surface area contributed by atoms with Crippen LogP contribution in [0.25, 0.3) is 0 Å². The second-order valence-corrected chi connectivity index (χ2v) is 7.70. The van der Waals surface area contributed by atoms with Crippen LogP contribution in [0.15, 0.2) is 18.2 Å². The van der Waals surface area contributed by atoms with Gasteiger partial charge in [0.1, 0.15) is 6.54 Å². The average molecular weight is 342 g/mol. The number of hydrogen-bond donors (Lipinski definition) is 0. The lowest BCUT2D eigenvalue weighted by molar-refractivity contribution is -0.125. The number of nitrogens with zero attached hydrogens (tertiary/aromatic N) is 2. The molecular formula is C20H26N2O3. The van der Waals surface area contributed by atoms with Gasteiger partial charge in [0.15, 0.2) is 5.78 Å². The van der Waals surface area contributed by atoms with Crippen molar-refractivity contribution in [1.29, 1.82) is 0 Å². The number of carbonyl (C=O) groups excluding carboxylic acids is 3. The lowest BCUT2D eigenvalue weighted by atomic mass is 9.90. The van der Waals surface area contributed by atoms with E-state index < -0.39 is 0 Å². The molecule has 5 heteroatoms. The van der Waals surface area contributed by atoms with Gasteiger partial charge in [-0.25, -0.2) is 4.79 Å². The van der Waals surface area contributed by atoms with Gasteiger partial charge in [-0.05, 0) is 35.8 Å². The van der Waals surface area contributed by atoms with Gasteiger partial charge in [0.05, 0.1) is 6.54 Å². The minimum atomic E-state index is -0.314. The van der Waals surface area contributed by atoms with Crippen molar-refractivity contribution in [2.75, 3.05) is 13.1 Å². The number of carbonyl (C=O) groups is 3. The average Bonchev–Trinajstić information content (AvgIpc) is 3.36. The van der Waals surface area contributed by atoms with Crippen LogP contribution >= 0.6 is 0 Å². The van der Waals surface area contributed by atoms with Gasteiger partial charge in [-0.2, -0.15) is 0 Å². The Bertz CT molecular complexity index is 720. The van der Waals surface area contributed by atoms with E-state index in [1.807, 2.05) is 12.1 Å². The smallest absolute Gasteiger partial charge is 0.312 e. The summed E-state index contributed by atoms with van der Waals surface area (Å²) >= 11 is 0. The van der Waals surface area contributed by atoms with Crippen LogP contribution in [0.4, 0.5) is 4.79 Å².